The predicted octanol–water partition coefficient (Wildman–Crippen LogP) is 2.96. The van der Waals surface area contributed by atoms with Crippen molar-refractivity contribution in [1.82, 2.24) is 4.98 Å². The first kappa shape index (κ1) is 11.7. The van der Waals surface area contributed by atoms with Crippen molar-refractivity contribution in [3.05, 3.63) is 23.4 Å². The van der Waals surface area contributed by atoms with Crippen LogP contribution in [0.1, 0.15) is 20.3 Å². The first-order valence-corrected chi connectivity index (χ1v) is 5.82. The van der Waals surface area contributed by atoms with Crippen LogP contribution in [0.3, 0.4) is 0 Å². The zero-order valence-electron chi connectivity index (χ0n) is 9.83. The molecule has 1 fully saturated rings. The van der Waals surface area contributed by atoms with Crippen LogP contribution in [0, 0.1) is 5.41 Å². The average molecular weight is 241 g/mol. The molecule has 2 atom stereocenters. The van der Waals surface area contributed by atoms with E-state index in [0.29, 0.717) is 17.2 Å². The second-order valence-corrected chi connectivity index (χ2v) is 5.28. The normalized spacial score (nSPS) is 27.2. The van der Waals surface area contributed by atoms with Gasteiger partial charge in [-0.25, -0.2) is 4.98 Å². The summed E-state index contributed by atoms with van der Waals surface area (Å²) in [4.78, 5) is 4.23. The van der Waals surface area contributed by atoms with Gasteiger partial charge in [-0.1, -0.05) is 25.4 Å². The minimum absolute atomic E-state index is 0.149. The molecular weight excluding hydrogens is 224 g/mol. The Kier molecular flexibility index (Phi) is 3.08. The number of nitrogens with one attached hydrogen (secondary N) is 1. The number of hydrogen-bond donors (Lipinski definition) is 1. The molecule has 2 rings (SSSR count). The van der Waals surface area contributed by atoms with Gasteiger partial charge < -0.3 is 10.1 Å². The molecule has 2 unspecified atom stereocenters. The van der Waals surface area contributed by atoms with Crippen molar-refractivity contribution < 1.29 is 4.74 Å². The summed E-state index contributed by atoms with van der Waals surface area (Å²) in [5, 5.41) is 4.07. The smallest absolute Gasteiger partial charge is 0.126 e. The summed E-state index contributed by atoms with van der Waals surface area (Å²) in [6.45, 7) is 4.41. The maximum atomic E-state index is 5.79. The van der Waals surface area contributed by atoms with Gasteiger partial charge in [0.05, 0.1) is 11.1 Å². The van der Waals surface area contributed by atoms with Crippen LogP contribution >= 0.6 is 11.6 Å². The van der Waals surface area contributed by atoms with Gasteiger partial charge in [-0.15, -0.1) is 0 Å². The van der Waals surface area contributed by atoms with E-state index in [-0.39, 0.29) is 5.41 Å². The van der Waals surface area contributed by atoms with E-state index in [1.54, 1.807) is 13.3 Å². The van der Waals surface area contributed by atoms with E-state index in [4.69, 9.17) is 16.3 Å². The van der Waals surface area contributed by atoms with Gasteiger partial charge in [0.15, 0.2) is 0 Å². The van der Waals surface area contributed by atoms with Crippen molar-refractivity contribution in [2.45, 2.75) is 32.4 Å². The summed E-state index contributed by atoms with van der Waals surface area (Å²) in [5.74, 6) is 0.872. The van der Waals surface area contributed by atoms with Crippen molar-refractivity contribution in [3.63, 3.8) is 0 Å². The molecule has 1 aliphatic carbocycles. The Balaban J connectivity index is 1.99. The Morgan fingerprint density at radius 3 is 2.75 bits per heavy atom. The molecule has 1 aliphatic rings. The highest BCUT2D eigenvalue weighted by Gasteiger charge is 2.48. The lowest BCUT2D eigenvalue weighted by Gasteiger charge is -2.51. The quantitative estimate of drug-likeness (QED) is 0.882. The van der Waals surface area contributed by atoms with Crippen LogP contribution in [-0.4, -0.2) is 24.2 Å². The number of methoxy groups -OCH3 is 1. The largest absolute Gasteiger partial charge is 0.381 e. The topological polar surface area (TPSA) is 34.1 Å². The number of aromatic nitrogens is 1. The third-order valence-corrected chi connectivity index (χ3v) is 3.74. The molecule has 0 aromatic carbocycles. The highest BCUT2D eigenvalue weighted by atomic mass is 35.5. The fourth-order valence-corrected chi connectivity index (χ4v) is 2.28. The summed E-state index contributed by atoms with van der Waals surface area (Å²) in [7, 11) is 1.77. The lowest BCUT2D eigenvalue weighted by molar-refractivity contribution is -0.0795. The lowest BCUT2D eigenvalue weighted by Crippen LogP contribution is -2.57. The number of hydrogen-bond acceptors (Lipinski definition) is 3. The molecule has 88 valence electrons. The van der Waals surface area contributed by atoms with Crippen molar-refractivity contribution in [2.24, 2.45) is 5.41 Å². The van der Waals surface area contributed by atoms with Crippen molar-refractivity contribution in [3.8, 4) is 0 Å². The van der Waals surface area contributed by atoms with E-state index in [2.05, 4.69) is 24.1 Å². The number of halogens is 1. The molecular formula is C12H17ClN2O. The van der Waals surface area contributed by atoms with E-state index < -0.39 is 0 Å². The van der Waals surface area contributed by atoms with Crippen LogP contribution in [-0.2, 0) is 4.74 Å². The Morgan fingerprint density at radius 2 is 2.25 bits per heavy atom. The maximum absolute atomic E-state index is 5.79. The fourth-order valence-electron chi connectivity index (χ4n) is 2.17. The minimum Gasteiger partial charge on any atom is -0.381 e. The molecule has 1 heterocycles. The summed E-state index contributed by atoms with van der Waals surface area (Å²) in [6.07, 6.45) is 3.01. The van der Waals surface area contributed by atoms with E-state index in [9.17, 15) is 0 Å². The number of ether oxygens (including phenoxy) is 1. The average Bonchev–Trinajstić information content (AvgIpc) is 2.26. The van der Waals surface area contributed by atoms with Gasteiger partial charge in [0, 0.05) is 24.8 Å². The summed E-state index contributed by atoms with van der Waals surface area (Å²) in [6, 6.07) is 4.15. The monoisotopic (exact) mass is 240 g/mol. The van der Waals surface area contributed by atoms with Gasteiger partial charge in [-0.2, -0.15) is 0 Å². The SMILES string of the molecule is COC1CC(Nc2ccc(Cl)cn2)C1(C)C. The standard InChI is InChI=1S/C12H17ClN2O/c1-12(2)9(6-10(12)16-3)15-11-5-4-8(13)7-14-11/h4-5,7,9-10H,6H2,1-3H3,(H,14,15). The number of rotatable bonds is 3. The first-order valence-electron chi connectivity index (χ1n) is 5.45. The molecule has 3 nitrogen and oxygen atoms in total. The third-order valence-electron chi connectivity index (χ3n) is 3.51. The van der Waals surface area contributed by atoms with Crippen LogP contribution in [0.5, 0.6) is 0 Å². The second-order valence-electron chi connectivity index (χ2n) is 4.84. The van der Waals surface area contributed by atoms with E-state index in [1.807, 2.05) is 12.1 Å². The molecule has 1 aromatic heterocycles. The summed E-state index contributed by atoms with van der Waals surface area (Å²) in [5.41, 5.74) is 0.149. The highest BCUT2D eigenvalue weighted by molar-refractivity contribution is 6.30. The molecule has 4 heteroatoms. The number of pyridine rings is 1. The van der Waals surface area contributed by atoms with Crippen LogP contribution in [0.15, 0.2) is 18.3 Å². The third kappa shape index (κ3) is 2.02. The molecule has 1 N–H and O–H groups in total. The molecule has 1 aromatic rings. The Labute approximate surface area is 101 Å². The zero-order chi connectivity index (χ0) is 11.8. The molecule has 0 radical (unpaired) electrons. The Morgan fingerprint density at radius 1 is 1.50 bits per heavy atom. The minimum atomic E-state index is 0.149. The molecule has 0 spiro atoms. The number of anilines is 1. The van der Waals surface area contributed by atoms with Crippen molar-refractivity contribution in [2.75, 3.05) is 12.4 Å². The lowest BCUT2D eigenvalue weighted by atomic mass is 9.64. The predicted molar refractivity (Wildman–Crippen MR) is 65.9 cm³/mol. The highest BCUT2D eigenvalue weighted by Crippen LogP contribution is 2.43. The maximum Gasteiger partial charge on any atom is 0.126 e. The van der Waals surface area contributed by atoms with Crippen LogP contribution in [0.4, 0.5) is 5.82 Å². The number of nitrogens with zero attached hydrogens (tertiary/aromatic N) is 1. The van der Waals surface area contributed by atoms with E-state index in [1.165, 1.54) is 0 Å². The molecule has 1 saturated carbocycles. The zero-order valence-corrected chi connectivity index (χ0v) is 10.6. The summed E-state index contributed by atoms with van der Waals surface area (Å²) >= 11 is 5.79. The molecule has 0 aliphatic heterocycles. The molecule has 16 heavy (non-hydrogen) atoms. The van der Waals surface area contributed by atoms with Gasteiger partial charge >= 0.3 is 0 Å². The summed E-state index contributed by atoms with van der Waals surface area (Å²) < 4.78 is 5.41. The van der Waals surface area contributed by atoms with E-state index in [0.717, 1.165) is 12.2 Å². The van der Waals surface area contributed by atoms with Gasteiger partial charge in [0.2, 0.25) is 0 Å². The van der Waals surface area contributed by atoms with Crippen LogP contribution < -0.4 is 5.32 Å². The Bertz CT molecular complexity index is 364. The Hall–Kier alpha value is -0.800. The molecule has 0 bridgehead atoms. The molecule has 0 saturated heterocycles. The fraction of sp³-hybridized carbons (Fsp3) is 0.583. The van der Waals surface area contributed by atoms with Gasteiger partial charge in [0.1, 0.15) is 5.82 Å². The van der Waals surface area contributed by atoms with Crippen LogP contribution in [0.25, 0.3) is 0 Å². The van der Waals surface area contributed by atoms with Crippen molar-refractivity contribution >= 4 is 17.4 Å². The van der Waals surface area contributed by atoms with Crippen molar-refractivity contribution in [1.29, 1.82) is 0 Å². The van der Waals surface area contributed by atoms with Crippen LogP contribution in [0.2, 0.25) is 5.02 Å². The van der Waals surface area contributed by atoms with E-state index >= 15 is 0 Å². The van der Waals surface area contributed by atoms with Gasteiger partial charge in [-0.3, -0.25) is 0 Å². The van der Waals surface area contributed by atoms with Gasteiger partial charge in [-0.05, 0) is 18.6 Å². The first-order chi connectivity index (χ1) is 7.54. The van der Waals surface area contributed by atoms with Gasteiger partial charge in [0.25, 0.3) is 0 Å². The second kappa shape index (κ2) is 4.22. The molecule has 0 amide bonds.